The van der Waals surface area contributed by atoms with E-state index < -0.39 is 0 Å². The number of ether oxygens (including phenoxy) is 2. The van der Waals surface area contributed by atoms with Crippen molar-refractivity contribution in [3.8, 4) is 5.75 Å². The van der Waals surface area contributed by atoms with Crippen molar-refractivity contribution in [3.05, 3.63) is 81.8 Å². The number of methoxy groups -OCH3 is 1. The van der Waals surface area contributed by atoms with E-state index in [0.29, 0.717) is 25.7 Å². The number of fused-ring (bicyclic) bond motifs is 1. The van der Waals surface area contributed by atoms with Crippen LogP contribution in [0.2, 0.25) is 0 Å². The highest BCUT2D eigenvalue weighted by atomic mass is 16.5. The highest BCUT2D eigenvalue weighted by Crippen LogP contribution is 2.29. The first kappa shape index (κ1) is 24.5. The molecule has 0 saturated carbocycles. The van der Waals surface area contributed by atoms with Crippen molar-refractivity contribution in [2.45, 2.75) is 26.4 Å². The van der Waals surface area contributed by atoms with E-state index in [2.05, 4.69) is 26.8 Å². The Balaban J connectivity index is 1.43. The molecule has 0 radical (unpaired) electrons. The first-order valence-corrected chi connectivity index (χ1v) is 12.7. The molecule has 8 heteroatoms. The molecule has 36 heavy (non-hydrogen) atoms. The molecule has 0 bridgehead atoms. The zero-order chi connectivity index (χ0) is 24.9. The number of aryl methyl sites for hydroxylation is 1. The molecule has 0 spiro atoms. The van der Waals surface area contributed by atoms with Crippen molar-refractivity contribution in [2.24, 2.45) is 0 Å². The summed E-state index contributed by atoms with van der Waals surface area (Å²) in [5.41, 5.74) is 3.69. The summed E-state index contributed by atoms with van der Waals surface area (Å²) in [5.74, 6) is 1.50. The van der Waals surface area contributed by atoms with Crippen LogP contribution >= 0.6 is 0 Å². The third kappa shape index (κ3) is 5.46. The molecule has 190 valence electrons. The lowest BCUT2D eigenvalue weighted by Gasteiger charge is -2.39. The van der Waals surface area contributed by atoms with Gasteiger partial charge in [0, 0.05) is 37.3 Å². The van der Waals surface area contributed by atoms with Gasteiger partial charge < -0.3 is 9.47 Å². The van der Waals surface area contributed by atoms with Crippen LogP contribution < -0.4 is 15.2 Å². The van der Waals surface area contributed by atoms with Gasteiger partial charge in [0.25, 0.3) is 5.56 Å². The summed E-state index contributed by atoms with van der Waals surface area (Å²) in [6.45, 7) is 8.71. The number of hydrogen-bond donors (Lipinski definition) is 0. The summed E-state index contributed by atoms with van der Waals surface area (Å²) >= 11 is 0. The molecule has 2 aliphatic rings. The van der Waals surface area contributed by atoms with E-state index in [4.69, 9.17) is 14.5 Å². The molecule has 0 N–H and O–H groups in total. The van der Waals surface area contributed by atoms with Gasteiger partial charge in [-0.3, -0.25) is 24.1 Å². The molecule has 1 aromatic heterocycles. The summed E-state index contributed by atoms with van der Waals surface area (Å²) in [6, 6.07) is 18.1. The number of aromatic nitrogens is 2. The Bertz CT molecular complexity index is 1210. The fourth-order valence-electron chi connectivity index (χ4n) is 4.97. The van der Waals surface area contributed by atoms with E-state index in [-0.39, 0.29) is 5.56 Å². The van der Waals surface area contributed by atoms with Gasteiger partial charge in [-0.15, -0.1) is 0 Å². The SMILES string of the molecule is COc1ccc(N2CN(CCCN3CCOCC3)Cn3c2nc(C)c(Cc2ccccc2)c3=O)cc1. The molecule has 3 heterocycles. The number of rotatable bonds is 8. The lowest BCUT2D eigenvalue weighted by molar-refractivity contribution is 0.0354. The molecular weight excluding hydrogens is 454 g/mol. The van der Waals surface area contributed by atoms with Gasteiger partial charge in [-0.2, -0.15) is 0 Å². The molecule has 3 aromatic rings. The van der Waals surface area contributed by atoms with Crippen LogP contribution in [0.25, 0.3) is 0 Å². The average molecular weight is 490 g/mol. The van der Waals surface area contributed by atoms with Crippen molar-refractivity contribution in [1.29, 1.82) is 0 Å². The van der Waals surface area contributed by atoms with Gasteiger partial charge in [0.2, 0.25) is 5.95 Å². The number of benzene rings is 2. The minimum absolute atomic E-state index is 0.0396. The van der Waals surface area contributed by atoms with Crippen LogP contribution in [-0.2, 0) is 17.8 Å². The molecule has 5 rings (SSSR count). The maximum absolute atomic E-state index is 13.8. The Morgan fingerprint density at radius 1 is 0.944 bits per heavy atom. The molecule has 8 nitrogen and oxygen atoms in total. The molecule has 0 unspecified atom stereocenters. The molecule has 2 aliphatic heterocycles. The van der Waals surface area contributed by atoms with Gasteiger partial charge in [0.05, 0.1) is 39.4 Å². The standard InChI is InChI=1S/C28H35N5O3/c1-22-26(19-23-7-4-3-5-8-23)27(34)33-21-31(14-6-13-30-15-17-36-18-16-30)20-32(28(33)29-22)24-9-11-25(35-2)12-10-24/h3-5,7-12H,6,13-21H2,1-2H3. The largest absolute Gasteiger partial charge is 0.497 e. The zero-order valence-corrected chi connectivity index (χ0v) is 21.2. The monoisotopic (exact) mass is 489 g/mol. The number of nitrogens with zero attached hydrogens (tertiary/aromatic N) is 5. The lowest BCUT2D eigenvalue weighted by Crippen LogP contribution is -2.48. The third-order valence-corrected chi connectivity index (χ3v) is 7.03. The van der Waals surface area contributed by atoms with Gasteiger partial charge >= 0.3 is 0 Å². The van der Waals surface area contributed by atoms with Gasteiger partial charge in [-0.05, 0) is 49.7 Å². The van der Waals surface area contributed by atoms with E-state index >= 15 is 0 Å². The Kier molecular flexibility index (Phi) is 7.65. The number of anilines is 2. The molecule has 1 saturated heterocycles. The summed E-state index contributed by atoms with van der Waals surface area (Å²) in [4.78, 5) is 25.7. The van der Waals surface area contributed by atoms with Gasteiger partial charge in [-0.25, -0.2) is 4.98 Å². The van der Waals surface area contributed by atoms with Gasteiger partial charge in [0.15, 0.2) is 0 Å². The van der Waals surface area contributed by atoms with Crippen molar-refractivity contribution in [3.63, 3.8) is 0 Å². The first-order valence-electron chi connectivity index (χ1n) is 12.7. The van der Waals surface area contributed by atoms with E-state index in [1.54, 1.807) is 7.11 Å². The van der Waals surface area contributed by atoms with Crippen LogP contribution in [0.4, 0.5) is 11.6 Å². The summed E-state index contributed by atoms with van der Waals surface area (Å²) in [6.07, 6.45) is 1.62. The van der Waals surface area contributed by atoms with Crippen LogP contribution in [0.15, 0.2) is 59.4 Å². The quantitative estimate of drug-likeness (QED) is 0.481. The van der Waals surface area contributed by atoms with Crippen LogP contribution in [0.3, 0.4) is 0 Å². The minimum atomic E-state index is 0.0396. The van der Waals surface area contributed by atoms with Crippen molar-refractivity contribution in [2.75, 3.05) is 58.1 Å². The average Bonchev–Trinajstić information content (AvgIpc) is 2.92. The van der Waals surface area contributed by atoms with E-state index in [0.717, 1.165) is 74.1 Å². The van der Waals surface area contributed by atoms with Gasteiger partial charge in [-0.1, -0.05) is 30.3 Å². The Hall–Kier alpha value is -3.20. The van der Waals surface area contributed by atoms with Crippen LogP contribution in [0, 0.1) is 6.92 Å². The second-order valence-electron chi connectivity index (χ2n) is 9.48. The Morgan fingerprint density at radius 2 is 1.67 bits per heavy atom. The zero-order valence-electron chi connectivity index (χ0n) is 21.2. The Morgan fingerprint density at radius 3 is 2.39 bits per heavy atom. The lowest BCUT2D eigenvalue weighted by atomic mass is 10.1. The van der Waals surface area contributed by atoms with Crippen molar-refractivity contribution < 1.29 is 9.47 Å². The normalized spacial score (nSPS) is 16.7. The van der Waals surface area contributed by atoms with E-state index in [1.807, 2.05) is 54.0 Å². The predicted molar refractivity (Wildman–Crippen MR) is 141 cm³/mol. The smallest absolute Gasteiger partial charge is 0.259 e. The summed E-state index contributed by atoms with van der Waals surface area (Å²) < 4.78 is 12.7. The fourth-order valence-corrected chi connectivity index (χ4v) is 4.97. The molecule has 0 amide bonds. The van der Waals surface area contributed by atoms with Crippen molar-refractivity contribution >= 4 is 11.6 Å². The second-order valence-corrected chi connectivity index (χ2v) is 9.48. The highest BCUT2D eigenvalue weighted by Gasteiger charge is 2.28. The topological polar surface area (TPSA) is 63.1 Å². The summed E-state index contributed by atoms with van der Waals surface area (Å²) in [5, 5.41) is 0. The van der Waals surface area contributed by atoms with Crippen LogP contribution in [-0.4, -0.2) is 72.5 Å². The fraction of sp³-hybridized carbons (Fsp3) is 0.429. The second kappa shape index (κ2) is 11.2. The number of morpholine rings is 1. The van der Waals surface area contributed by atoms with Crippen molar-refractivity contribution in [1.82, 2.24) is 19.4 Å². The Labute approximate surface area is 212 Å². The van der Waals surface area contributed by atoms with E-state index in [1.165, 1.54) is 0 Å². The molecule has 2 aromatic carbocycles. The molecule has 0 aliphatic carbocycles. The highest BCUT2D eigenvalue weighted by molar-refractivity contribution is 5.59. The van der Waals surface area contributed by atoms with E-state index in [9.17, 15) is 4.79 Å². The van der Waals surface area contributed by atoms with Gasteiger partial charge in [0.1, 0.15) is 5.75 Å². The maximum atomic E-state index is 13.8. The van der Waals surface area contributed by atoms with Crippen LogP contribution in [0.5, 0.6) is 5.75 Å². The molecular formula is C28H35N5O3. The third-order valence-electron chi connectivity index (χ3n) is 7.03. The maximum Gasteiger partial charge on any atom is 0.259 e. The summed E-state index contributed by atoms with van der Waals surface area (Å²) in [7, 11) is 1.67. The predicted octanol–water partition coefficient (Wildman–Crippen LogP) is 3.24. The first-order chi connectivity index (χ1) is 17.6. The van der Waals surface area contributed by atoms with Crippen LogP contribution in [0.1, 0.15) is 23.2 Å². The number of hydrogen-bond acceptors (Lipinski definition) is 7. The molecule has 1 fully saturated rings. The minimum Gasteiger partial charge on any atom is -0.497 e. The molecule has 0 atom stereocenters.